The fraction of sp³-hybridized carbons (Fsp3) is 0. The number of hydrogen-bond acceptors (Lipinski definition) is 1. The summed E-state index contributed by atoms with van der Waals surface area (Å²) >= 11 is 1.90. The van der Waals surface area contributed by atoms with Gasteiger partial charge < -0.3 is 0 Å². The average molecular weight is 689 g/mol. The highest BCUT2D eigenvalue weighted by molar-refractivity contribution is 7.25. The molecule has 0 nitrogen and oxygen atoms in total. The molecule has 0 fully saturated rings. The number of thiophene rings is 1. The molecule has 246 valence electrons. The van der Waals surface area contributed by atoms with Gasteiger partial charge in [-0.15, -0.1) is 11.3 Å². The lowest BCUT2D eigenvalue weighted by Gasteiger charge is -2.17. The molecule has 1 heteroatoms. The van der Waals surface area contributed by atoms with Gasteiger partial charge in [0.05, 0.1) is 0 Å². The molecule has 0 aliphatic rings. The molecule has 0 aliphatic carbocycles. The predicted molar refractivity (Wildman–Crippen MR) is 231 cm³/mol. The van der Waals surface area contributed by atoms with Crippen LogP contribution in [0, 0.1) is 0 Å². The van der Waals surface area contributed by atoms with Gasteiger partial charge in [-0.2, -0.15) is 0 Å². The Morgan fingerprint density at radius 3 is 0.774 bits per heavy atom. The van der Waals surface area contributed by atoms with Gasteiger partial charge in [0, 0.05) is 20.2 Å². The van der Waals surface area contributed by atoms with Crippen LogP contribution in [0.25, 0.3) is 108 Å². The molecule has 0 atom stereocenters. The molecule has 1 aromatic heterocycles. The van der Waals surface area contributed by atoms with Crippen molar-refractivity contribution in [3.8, 4) is 44.5 Å². The van der Waals surface area contributed by atoms with Gasteiger partial charge in [-0.1, -0.05) is 182 Å². The van der Waals surface area contributed by atoms with Crippen LogP contribution < -0.4 is 0 Å². The van der Waals surface area contributed by atoms with E-state index in [0.717, 1.165) is 0 Å². The molecule has 0 amide bonds. The van der Waals surface area contributed by atoms with Crippen molar-refractivity contribution in [2.24, 2.45) is 0 Å². The molecule has 10 aromatic carbocycles. The van der Waals surface area contributed by atoms with E-state index in [1.165, 1.54) is 108 Å². The van der Waals surface area contributed by atoms with Crippen LogP contribution >= 0.6 is 11.3 Å². The largest absolute Gasteiger partial charge is 0.135 e. The highest BCUT2D eigenvalue weighted by Gasteiger charge is 2.19. The summed E-state index contributed by atoms with van der Waals surface area (Å²) in [5.74, 6) is 0. The van der Waals surface area contributed by atoms with Crippen molar-refractivity contribution in [3.63, 3.8) is 0 Å². The van der Waals surface area contributed by atoms with E-state index >= 15 is 0 Å². The second-order valence-corrected chi connectivity index (χ2v) is 15.0. The van der Waals surface area contributed by atoms with E-state index < -0.39 is 0 Å². The lowest BCUT2D eigenvalue weighted by Crippen LogP contribution is -1.90. The van der Waals surface area contributed by atoms with Crippen LogP contribution in [-0.2, 0) is 0 Å². The zero-order chi connectivity index (χ0) is 34.9. The molecule has 0 radical (unpaired) electrons. The van der Waals surface area contributed by atoms with Gasteiger partial charge in [-0.05, 0) is 99.7 Å². The van der Waals surface area contributed by atoms with Crippen LogP contribution in [0.1, 0.15) is 0 Å². The maximum absolute atomic E-state index is 2.43. The molecule has 11 aromatic rings. The Labute approximate surface area is 311 Å². The van der Waals surface area contributed by atoms with Gasteiger partial charge in [-0.25, -0.2) is 0 Å². The molecular weight excluding hydrogens is 657 g/mol. The van der Waals surface area contributed by atoms with Gasteiger partial charge >= 0.3 is 0 Å². The molecule has 0 spiro atoms. The highest BCUT2D eigenvalue weighted by Crippen LogP contribution is 2.47. The first-order valence-electron chi connectivity index (χ1n) is 18.3. The van der Waals surface area contributed by atoms with E-state index in [2.05, 4.69) is 194 Å². The molecule has 0 N–H and O–H groups in total. The first-order valence-corrected chi connectivity index (χ1v) is 19.1. The first kappa shape index (κ1) is 30.1. The maximum Gasteiger partial charge on any atom is 0.0361 e. The van der Waals surface area contributed by atoms with Crippen molar-refractivity contribution >= 4 is 74.6 Å². The fourth-order valence-corrected chi connectivity index (χ4v) is 9.98. The summed E-state index contributed by atoms with van der Waals surface area (Å²) in [6, 6.07) is 71.6. The molecule has 0 saturated carbocycles. The van der Waals surface area contributed by atoms with Crippen LogP contribution in [0.5, 0.6) is 0 Å². The molecule has 0 aliphatic heterocycles. The minimum atomic E-state index is 1.25. The van der Waals surface area contributed by atoms with Gasteiger partial charge in [0.15, 0.2) is 0 Å². The Kier molecular flexibility index (Phi) is 6.83. The normalized spacial score (nSPS) is 11.8. The van der Waals surface area contributed by atoms with E-state index in [1.807, 2.05) is 11.3 Å². The van der Waals surface area contributed by atoms with Crippen molar-refractivity contribution in [3.05, 3.63) is 194 Å². The van der Waals surface area contributed by atoms with Gasteiger partial charge in [0.25, 0.3) is 0 Å². The predicted octanol–water partition coefficient (Wildman–Crippen LogP) is 15.3. The highest BCUT2D eigenvalue weighted by atomic mass is 32.1. The van der Waals surface area contributed by atoms with E-state index in [4.69, 9.17) is 0 Å². The Morgan fingerprint density at radius 1 is 0.208 bits per heavy atom. The van der Waals surface area contributed by atoms with Crippen LogP contribution in [-0.4, -0.2) is 0 Å². The lowest BCUT2D eigenvalue weighted by atomic mass is 9.85. The Bertz CT molecular complexity index is 2870. The maximum atomic E-state index is 2.43. The van der Waals surface area contributed by atoms with E-state index in [0.29, 0.717) is 0 Å². The second-order valence-electron chi connectivity index (χ2n) is 13.9. The van der Waals surface area contributed by atoms with Crippen molar-refractivity contribution < 1.29 is 0 Å². The monoisotopic (exact) mass is 688 g/mol. The fourth-order valence-electron chi connectivity index (χ4n) is 8.80. The summed E-state index contributed by atoms with van der Waals surface area (Å²) in [5.41, 5.74) is 10.2. The molecular formula is C52H32S. The smallest absolute Gasteiger partial charge is 0.0361 e. The summed E-state index contributed by atoms with van der Waals surface area (Å²) < 4.78 is 2.62. The average Bonchev–Trinajstić information content (AvgIpc) is 3.59. The summed E-state index contributed by atoms with van der Waals surface area (Å²) in [7, 11) is 0. The van der Waals surface area contributed by atoms with E-state index in [9.17, 15) is 0 Å². The molecule has 0 saturated heterocycles. The van der Waals surface area contributed by atoms with E-state index in [1.54, 1.807) is 0 Å². The minimum absolute atomic E-state index is 1.25. The van der Waals surface area contributed by atoms with Crippen molar-refractivity contribution in [1.82, 2.24) is 0 Å². The summed E-state index contributed by atoms with van der Waals surface area (Å²) in [4.78, 5) is 0. The zero-order valence-corrected chi connectivity index (χ0v) is 29.7. The quantitative estimate of drug-likeness (QED) is 0.162. The van der Waals surface area contributed by atoms with Gasteiger partial charge in [-0.3, -0.25) is 0 Å². The van der Waals surface area contributed by atoms with E-state index in [-0.39, 0.29) is 0 Å². The molecule has 0 bridgehead atoms. The van der Waals surface area contributed by atoms with Crippen LogP contribution in [0.2, 0.25) is 0 Å². The van der Waals surface area contributed by atoms with Gasteiger partial charge in [0.2, 0.25) is 0 Å². The number of fused-ring (bicyclic) bond motifs is 7. The molecule has 53 heavy (non-hydrogen) atoms. The Hall–Kier alpha value is -6.54. The third-order valence-electron chi connectivity index (χ3n) is 11.0. The molecule has 0 unspecified atom stereocenters. The first-order chi connectivity index (χ1) is 26.3. The van der Waals surface area contributed by atoms with Crippen molar-refractivity contribution in [2.45, 2.75) is 0 Å². The number of rotatable bonds is 4. The molecule has 11 rings (SSSR count). The lowest BCUT2D eigenvalue weighted by molar-refractivity contribution is 1.66. The van der Waals surface area contributed by atoms with Crippen LogP contribution in [0.4, 0.5) is 0 Å². The third kappa shape index (κ3) is 4.68. The van der Waals surface area contributed by atoms with Crippen molar-refractivity contribution in [1.29, 1.82) is 0 Å². The van der Waals surface area contributed by atoms with Crippen molar-refractivity contribution in [2.75, 3.05) is 0 Å². The SMILES string of the molecule is c1ccc(-c2c3ccccc3c(-c3ccc4c(c3)sc3cc(-c5c6ccccc6c(-c6ccccc6)c6ccccc56)ccc34)c3ccccc23)cc1. The number of hydrogen-bond donors (Lipinski definition) is 0. The Balaban J connectivity index is 1.12. The molecule has 1 heterocycles. The topological polar surface area (TPSA) is 0 Å². The third-order valence-corrected chi connectivity index (χ3v) is 12.2. The number of benzene rings is 10. The summed E-state index contributed by atoms with van der Waals surface area (Å²) in [5, 5.41) is 12.9. The van der Waals surface area contributed by atoms with Crippen LogP contribution in [0.3, 0.4) is 0 Å². The minimum Gasteiger partial charge on any atom is -0.135 e. The summed E-state index contributed by atoms with van der Waals surface area (Å²) in [6.07, 6.45) is 0. The second kappa shape index (κ2) is 12.0. The zero-order valence-electron chi connectivity index (χ0n) is 28.9. The van der Waals surface area contributed by atoms with Gasteiger partial charge in [0.1, 0.15) is 0 Å². The summed E-state index contributed by atoms with van der Waals surface area (Å²) in [6.45, 7) is 0. The standard InChI is InChI=1S/C52H32S/c1-3-15-33(16-4-1)49-39-19-7-11-23-43(39)51(44-24-12-8-20-40(44)49)35-27-29-37-38-30-28-36(32-48(38)53-47(37)31-35)52-45-25-13-9-21-41(45)50(34-17-5-2-6-18-34)42-22-10-14-26-46(42)52/h1-32H. The van der Waals surface area contributed by atoms with Crippen LogP contribution in [0.15, 0.2) is 194 Å². The Morgan fingerprint density at radius 2 is 0.472 bits per heavy atom.